The van der Waals surface area contributed by atoms with Gasteiger partial charge < -0.3 is 13.7 Å². The lowest BCUT2D eigenvalue weighted by atomic mass is 9.79. The van der Waals surface area contributed by atoms with Gasteiger partial charge >= 0.3 is 0 Å². The Bertz CT molecular complexity index is 4180. The van der Waals surface area contributed by atoms with E-state index in [4.69, 9.17) is 8.83 Å². The minimum Gasteiger partial charge on any atom is -0.456 e. The molecule has 4 aliphatic rings. The van der Waals surface area contributed by atoms with Crippen molar-refractivity contribution >= 4 is 60.9 Å². The zero-order chi connectivity index (χ0) is 47.5. The fourth-order valence-electron chi connectivity index (χ4n) is 13.9. The molecule has 4 aliphatic carbocycles. The van der Waals surface area contributed by atoms with Gasteiger partial charge in [-0.1, -0.05) is 140 Å². The third kappa shape index (κ3) is 4.90. The van der Waals surface area contributed by atoms with Gasteiger partial charge in [-0.3, -0.25) is 0 Å². The number of benzene rings is 9. The molecule has 0 fully saturated rings. The second-order valence-corrected chi connectivity index (χ2v) is 22.9. The summed E-state index contributed by atoms with van der Waals surface area (Å²) in [6, 6.07) is 59.7. The minimum absolute atomic E-state index is 0.163. The molecule has 0 bridgehead atoms. The molecule has 2 heterocycles. The topological polar surface area (TPSA) is 29.5 Å². The molecular weight excluding hydrogens is 851 g/mol. The Morgan fingerprint density at radius 1 is 0.329 bits per heavy atom. The Labute approximate surface area is 409 Å². The maximum Gasteiger partial charge on any atom is 0.143 e. The fourth-order valence-corrected chi connectivity index (χ4v) is 13.9. The fraction of sp³-hybridized carbons (Fsp3) is 0.194. The quantitative estimate of drug-likeness (QED) is 0.177. The summed E-state index contributed by atoms with van der Waals surface area (Å²) < 4.78 is 13.2. The molecular formula is C67H53NO2. The van der Waals surface area contributed by atoms with E-state index in [1.54, 1.807) is 0 Å². The maximum absolute atomic E-state index is 6.73. The molecule has 15 rings (SSSR count). The smallest absolute Gasteiger partial charge is 0.143 e. The zero-order valence-corrected chi connectivity index (χ0v) is 41.3. The van der Waals surface area contributed by atoms with Gasteiger partial charge in [0.2, 0.25) is 0 Å². The minimum atomic E-state index is -0.244. The molecule has 0 saturated heterocycles. The van der Waals surface area contributed by atoms with Crippen LogP contribution in [0.15, 0.2) is 167 Å². The average molecular weight is 904 g/mol. The van der Waals surface area contributed by atoms with Gasteiger partial charge in [0.25, 0.3) is 0 Å². The van der Waals surface area contributed by atoms with Crippen LogP contribution in [0.3, 0.4) is 0 Å². The van der Waals surface area contributed by atoms with Gasteiger partial charge in [-0.15, -0.1) is 0 Å². The molecule has 338 valence electrons. The predicted molar refractivity (Wildman–Crippen MR) is 291 cm³/mol. The highest BCUT2D eigenvalue weighted by Gasteiger charge is 2.45. The predicted octanol–water partition coefficient (Wildman–Crippen LogP) is 18.5. The zero-order valence-electron chi connectivity index (χ0n) is 41.3. The van der Waals surface area contributed by atoms with Crippen LogP contribution in [-0.4, -0.2) is 0 Å². The van der Waals surface area contributed by atoms with Crippen molar-refractivity contribution in [3.05, 3.63) is 208 Å². The maximum atomic E-state index is 6.73. The van der Waals surface area contributed by atoms with E-state index in [1.165, 1.54) is 116 Å². The summed E-state index contributed by atoms with van der Waals surface area (Å²) >= 11 is 0. The Balaban J connectivity index is 0.861. The second-order valence-electron chi connectivity index (χ2n) is 22.9. The first-order chi connectivity index (χ1) is 33.6. The van der Waals surface area contributed by atoms with Crippen molar-refractivity contribution < 1.29 is 8.83 Å². The molecule has 9 aromatic carbocycles. The molecule has 0 N–H and O–H groups in total. The molecule has 0 unspecified atom stereocenters. The van der Waals surface area contributed by atoms with Crippen molar-refractivity contribution in [1.82, 2.24) is 0 Å². The molecule has 3 heteroatoms. The van der Waals surface area contributed by atoms with Crippen LogP contribution in [-0.2, 0) is 21.7 Å². The van der Waals surface area contributed by atoms with E-state index >= 15 is 0 Å². The number of nitrogens with zero attached hydrogens (tertiary/aromatic N) is 1. The van der Waals surface area contributed by atoms with Gasteiger partial charge in [0.05, 0.1) is 0 Å². The number of anilines is 3. The van der Waals surface area contributed by atoms with Crippen molar-refractivity contribution in [2.24, 2.45) is 0 Å². The highest BCUT2D eigenvalue weighted by atomic mass is 16.3. The van der Waals surface area contributed by atoms with Crippen LogP contribution in [0, 0.1) is 6.92 Å². The largest absolute Gasteiger partial charge is 0.456 e. The first kappa shape index (κ1) is 40.3. The van der Waals surface area contributed by atoms with Gasteiger partial charge in [0.15, 0.2) is 0 Å². The number of furan rings is 2. The van der Waals surface area contributed by atoms with Gasteiger partial charge in [-0.05, 0) is 169 Å². The van der Waals surface area contributed by atoms with E-state index in [0.717, 1.165) is 39.4 Å². The number of rotatable bonds is 3. The van der Waals surface area contributed by atoms with Crippen molar-refractivity contribution in [2.45, 2.75) is 84.0 Å². The van der Waals surface area contributed by atoms with Gasteiger partial charge in [-0.2, -0.15) is 0 Å². The summed E-state index contributed by atoms with van der Waals surface area (Å²) in [5, 5.41) is 4.77. The molecule has 0 radical (unpaired) electrons. The van der Waals surface area contributed by atoms with Crippen molar-refractivity contribution in [1.29, 1.82) is 0 Å². The van der Waals surface area contributed by atoms with Crippen molar-refractivity contribution in [2.75, 3.05) is 4.90 Å². The van der Waals surface area contributed by atoms with E-state index in [-0.39, 0.29) is 21.7 Å². The Morgan fingerprint density at radius 3 is 1.40 bits per heavy atom. The normalized spacial score (nSPS) is 16.5. The summed E-state index contributed by atoms with van der Waals surface area (Å²) in [5.41, 5.74) is 29.2. The highest BCUT2D eigenvalue weighted by molar-refractivity contribution is 6.16. The van der Waals surface area contributed by atoms with Crippen LogP contribution in [0.25, 0.3) is 88.4 Å². The van der Waals surface area contributed by atoms with Crippen LogP contribution in [0.4, 0.5) is 17.1 Å². The summed E-state index contributed by atoms with van der Waals surface area (Å²) in [7, 11) is 0. The van der Waals surface area contributed by atoms with E-state index in [9.17, 15) is 0 Å². The van der Waals surface area contributed by atoms with E-state index in [0.29, 0.717) is 0 Å². The number of fused-ring (bicyclic) bond motifs is 20. The molecule has 0 aliphatic heterocycles. The van der Waals surface area contributed by atoms with Crippen LogP contribution < -0.4 is 4.90 Å². The van der Waals surface area contributed by atoms with Crippen LogP contribution >= 0.6 is 0 Å². The lowest BCUT2D eigenvalue weighted by Crippen LogP contribution is -2.18. The third-order valence-corrected chi connectivity index (χ3v) is 17.7. The molecule has 70 heavy (non-hydrogen) atoms. The molecule has 0 saturated carbocycles. The SMILES string of the molecule is Cc1ccc(N(c2ccc3c(c2)C(C)(C)c2cc4c(cc2-3)C(C)(C)c2ccc3c(oc5ccccc53)c2-4)c2ccc3c(c2)C(C)(C)c2cc4c(cc2-3)C(C)(C)c2ccc3oc5ccccc5c3c2-4)cc1. The Hall–Kier alpha value is -7.62. The van der Waals surface area contributed by atoms with Crippen molar-refractivity contribution in [3.63, 3.8) is 0 Å². The molecule has 0 amide bonds. The van der Waals surface area contributed by atoms with E-state index in [2.05, 4.69) is 225 Å². The summed E-state index contributed by atoms with van der Waals surface area (Å²) in [4.78, 5) is 2.48. The number of aryl methyl sites for hydroxylation is 1. The number of para-hydroxylation sites is 2. The Kier molecular flexibility index (Phi) is 7.46. The van der Waals surface area contributed by atoms with Gasteiger partial charge in [0, 0.05) is 65.8 Å². The first-order valence-electron chi connectivity index (χ1n) is 25.1. The van der Waals surface area contributed by atoms with Crippen molar-refractivity contribution in [3.8, 4) is 44.5 Å². The number of hydrogen-bond acceptors (Lipinski definition) is 3. The van der Waals surface area contributed by atoms with Crippen LogP contribution in [0.2, 0.25) is 0 Å². The highest BCUT2D eigenvalue weighted by Crippen LogP contribution is 2.61. The lowest BCUT2D eigenvalue weighted by molar-refractivity contribution is 0.649. The molecule has 2 aromatic heterocycles. The monoisotopic (exact) mass is 903 g/mol. The molecule has 0 spiro atoms. The third-order valence-electron chi connectivity index (χ3n) is 17.7. The second kappa shape index (κ2) is 13.0. The number of hydrogen-bond donors (Lipinski definition) is 0. The first-order valence-corrected chi connectivity index (χ1v) is 25.1. The lowest BCUT2D eigenvalue weighted by Gasteiger charge is -2.30. The molecule has 11 aromatic rings. The van der Waals surface area contributed by atoms with Gasteiger partial charge in [-0.25, -0.2) is 0 Å². The van der Waals surface area contributed by atoms with E-state index in [1.807, 2.05) is 0 Å². The van der Waals surface area contributed by atoms with E-state index < -0.39 is 0 Å². The summed E-state index contributed by atoms with van der Waals surface area (Å²) in [6.07, 6.45) is 0. The van der Waals surface area contributed by atoms with Crippen LogP contribution in [0.5, 0.6) is 0 Å². The molecule has 0 atom stereocenters. The average Bonchev–Trinajstić information content (AvgIpc) is 4.14. The summed E-state index contributed by atoms with van der Waals surface area (Å²) in [6.45, 7) is 21.4. The van der Waals surface area contributed by atoms with Gasteiger partial charge in [0.1, 0.15) is 22.3 Å². The molecule has 3 nitrogen and oxygen atoms in total. The van der Waals surface area contributed by atoms with Crippen LogP contribution in [0.1, 0.15) is 105 Å². The Morgan fingerprint density at radius 2 is 0.786 bits per heavy atom. The summed E-state index contributed by atoms with van der Waals surface area (Å²) in [5.74, 6) is 0. The standard InChI is InChI=1S/C67H53NO2/c1-36-18-20-37(21-19-36)68(38-22-24-40-45-32-55-47(34-53(45)66(6,7)51(40)30-38)60-49(64(55,2)3)28-29-59-62(60)44-15-11-13-17-58(44)69-59)39-23-25-41-46-33-56-48(35-54(46)67(8,9)52(41)31-39)61-50(65(56,4)5)27-26-43-42-14-10-12-16-57(42)70-63(43)61/h10-35H,1-9H3.